The van der Waals surface area contributed by atoms with Crippen molar-refractivity contribution in [2.75, 3.05) is 40.4 Å². The van der Waals surface area contributed by atoms with Crippen molar-refractivity contribution in [2.45, 2.75) is 56.1 Å². The van der Waals surface area contributed by atoms with E-state index in [1.807, 2.05) is 6.07 Å². The standard InChI is InChI=1S/C36H38ClFN8O4/c1-49-33-27(15-45-17-35(18-45)11-9-29(47)43-35)39-13-25(41-33)23-7-3-5-21(31(23)37)22-6-4-8-24(32(22)38)26-14-40-28(34(42-26)50-2)16-46-19-36(20-46)12-10-30(48)44-36/h3-8,13-14,30,44,48H,9-12,15-20H2,1-2H3,(H,43,47). The number of rotatable bonds is 9. The monoisotopic (exact) mass is 700 g/mol. The van der Waals surface area contributed by atoms with Crippen LogP contribution in [0.15, 0.2) is 48.8 Å². The van der Waals surface area contributed by atoms with E-state index in [0.29, 0.717) is 75.8 Å². The van der Waals surface area contributed by atoms with Crippen LogP contribution in [-0.4, -0.2) is 98.5 Å². The Morgan fingerprint density at radius 1 is 0.860 bits per heavy atom. The number of hydrogen-bond acceptors (Lipinski definition) is 11. The molecule has 50 heavy (non-hydrogen) atoms. The van der Waals surface area contributed by atoms with Gasteiger partial charge in [0, 0.05) is 73.5 Å². The zero-order valence-electron chi connectivity index (χ0n) is 27.9. The van der Waals surface area contributed by atoms with Crippen molar-refractivity contribution in [3.8, 4) is 45.4 Å². The lowest BCUT2D eigenvalue weighted by Crippen LogP contribution is -2.67. The summed E-state index contributed by atoms with van der Waals surface area (Å²) in [5.41, 5.74) is 3.66. The number of benzene rings is 2. The first-order chi connectivity index (χ1) is 24.2. The van der Waals surface area contributed by atoms with Gasteiger partial charge in [-0.15, -0.1) is 0 Å². The molecule has 4 aliphatic rings. The molecule has 2 spiro atoms. The highest BCUT2D eigenvalue weighted by Crippen LogP contribution is 2.40. The van der Waals surface area contributed by atoms with Gasteiger partial charge < -0.3 is 19.9 Å². The summed E-state index contributed by atoms with van der Waals surface area (Å²) in [7, 11) is 3.08. The zero-order chi connectivity index (χ0) is 34.6. The number of ether oxygens (including phenoxy) is 2. The Morgan fingerprint density at radius 3 is 1.98 bits per heavy atom. The smallest absolute Gasteiger partial charge is 0.237 e. The first-order valence-corrected chi connectivity index (χ1v) is 17.1. The number of aliphatic hydroxyl groups excluding tert-OH is 1. The third kappa shape index (κ3) is 5.96. The van der Waals surface area contributed by atoms with Crippen molar-refractivity contribution < 1.29 is 23.8 Å². The highest BCUT2D eigenvalue weighted by atomic mass is 35.5. The van der Waals surface area contributed by atoms with Crippen LogP contribution in [0.4, 0.5) is 4.39 Å². The number of carbonyl (C=O) groups excluding carboxylic acids is 1. The lowest BCUT2D eigenvalue weighted by atomic mass is 9.88. The van der Waals surface area contributed by atoms with Crippen LogP contribution in [0.3, 0.4) is 0 Å². The molecule has 6 heterocycles. The minimum Gasteiger partial charge on any atom is -0.480 e. The number of likely N-dealkylation sites (tertiary alicyclic amines) is 2. The lowest BCUT2D eigenvalue weighted by molar-refractivity contribution is -0.120. The van der Waals surface area contributed by atoms with Gasteiger partial charge in [0.1, 0.15) is 23.4 Å². The molecule has 2 aromatic heterocycles. The molecule has 0 bridgehead atoms. The number of aromatic nitrogens is 4. The average molecular weight is 701 g/mol. The molecular formula is C36H38ClFN8O4. The topological polar surface area (TPSA) is 138 Å². The normalized spacial score (nSPS) is 20.9. The molecule has 1 atom stereocenters. The summed E-state index contributed by atoms with van der Waals surface area (Å²) in [5, 5.41) is 16.6. The third-order valence-corrected chi connectivity index (χ3v) is 10.7. The molecule has 0 saturated carbocycles. The summed E-state index contributed by atoms with van der Waals surface area (Å²) in [5.74, 6) is 0.335. The van der Waals surface area contributed by atoms with Crippen molar-refractivity contribution in [1.82, 2.24) is 40.4 Å². The molecule has 2 aromatic carbocycles. The fraction of sp³-hybridized carbons (Fsp3) is 0.417. The Labute approximate surface area is 294 Å². The van der Waals surface area contributed by atoms with Crippen LogP contribution < -0.4 is 20.1 Å². The van der Waals surface area contributed by atoms with E-state index in [-0.39, 0.29) is 22.5 Å². The number of amides is 1. The first-order valence-electron chi connectivity index (χ1n) is 16.8. The molecule has 8 rings (SSSR count). The van der Waals surface area contributed by atoms with Crippen molar-refractivity contribution in [1.29, 1.82) is 0 Å². The Hall–Kier alpha value is -4.27. The summed E-state index contributed by atoms with van der Waals surface area (Å²) in [4.78, 5) is 34.8. The molecule has 4 saturated heterocycles. The maximum atomic E-state index is 16.4. The Kier molecular flexibility index (Phi) is 8.43. The predicted octanol–water partition coefficient (Wildman–Crippen LogP) is 3.80. The van der Waals surface area contributed by atoms with Gasteiger partial charge in [0.15, 0.2) is 0 Å². The number of nitrogens with zero attached hydrogens (tertiary/aromatic N) is 6. The van der Waals surface area contributed by atoms with Crippen LogP contribution >= 0.6 is 11.6 Å². The summed E-state index contributed by atoms with van der Waals surface area (Å²) in [6, 6.07) is 10.5. The second kappa shape index (κ2) is 12.8. The summed E-state index contributed by atoms with van der Waals surface area (Å²) >= 11 is 6.98. The van der Waals surface area contributed by atoms with Crippen LogP contribution in [0.1, 0.15) is 37.1 Å². The van der Waals surface area contributed by atoms with Gasteiger partial charge in [0.25, 0.3) is 0 Å². The fourth-order valence-electron chi connectivity index (χ4n) is 7.91. The van der Waals surface area contributed by atoms with E-state index < -0.39 is 12.0 Å². The SMILES string of the molecule is COc1nc(-c2cccc(-c3cccc(-c4cnc(CN5CC6(CCC(=O)N6)C5)c(OC)n4)c3Cl)c2F)cnc1CN1CC2(CCC(O)N2)C1. The quantitative estimate of drug-likeness (QED) is 0.235. The second-order valence-corrected chi connectivity index (χ2v) is 14.2. The first kappa shape index (κ1) is 32.9. The van der Waals surface area contributed by atoms with Crippen molar-refractivity contribution in [2.24, 2.45) is 0 Å². The zero-order valence-corrected chi connectivity index (χ0v) is 28.6. The van der Waals surface area contributed by atoms with E-state index in [4.69, 9.17) is 26.1 Å². The van der Waals surface area contributed by atoms with Gasteiger partial charge in [0.2, 0.25) is 17.7 Å². The van der Waals surface area contributed by atoms with Gasteiger partial charge >= 0.3 is 0 Å². The molecule has 260 valence electrons. The lowest BCUT2D eigenvalue weighted by Gasteiger charge is -2.48. The molecule has 4 aliphatic heterocycles. The van der Waals surface area contributed by atoms with E-state index >= 15 is 4.39 Å². The largest absolute Gasteiger partial charge is 0.480 e. The average Bonchev–Trinajstić information content (AvgIpc) is 3.68. The summed E-state index contributed by atoms with van der Waals surface area (Å²) in [6.07, 6.45) is 5.88. The van der Waals surface area contributed by atoms with E-state index in [9.17, 15) is 9.90 Å². The van der Waals surface area contributed by atoms with Crippen LogP contribution in [0.25, 0.3) is 33.6 Å². The molecule has 4 aromatic rings. The molecule has 0 radical (unpaired) electrons. The molecule has 14 heteroatoms. The van der Waals surface area contributed by atoms with Crippen LogP contribution in [0.5, 0.6) is 11.8 Å². The number of aliphatic hydroxyl groups is 1. The number of methoxy groups -OCH3 is 2. The maximum Gasteiger partial charge on any atom is 0.237 e. The molecule has 3 N–H and O–H groups in total. The Bertz CT molecular complexity index is 1970. The Balaban J connectivity index is 1.01. The van der Waals surface area contributed by atoms with Crippen LogP contribution in [-0.2, 0) is 17.9 Å². The summed E-state index contributed by atoms with van der Waals surface area (Å²) in [6.45, 7) is 4.20. The van der Waals surface area contributed by atoms with E-state index in [0.717, 1.165) is 45.4 Å². The molecule has 12 nitrogen and oxygen atoms in total. The van der Waals surface area contributed by atoms with Gasteiger partial charge in [-0.2, -0.15) is 0 Å². The van der Waals surface area contributed by atoms with Gasteiger partial charge in [0.05, 0.1) is 48.6 Å². The number of hydrogen-bond donors (Lipinski definition) is 3. The highest BCUT2D eigenvalue weighted by molar-refractivity contribution is 6.36. The maximum absolute atomic E-state index is 16.4. The molecule has 1 unspecified atom stereocenters. The van der Waals surface area contributed by atoms with Gasteiger partial charge in [-0.3, -0.25) is 29.9 Å². The minimum absolute atomic E-state index is 0.0423. The third-order valence-electron chi connectivity index (χ3n) is 10.3. The number of carbonyl (C=O) groups is 1. The minimum atomic E-state index is -0.490. The van der Waals surface area contributed by atoms with Gasteiger partial charge in [-0.25, -0.2) is 14.4 Å². The van der Waals surface area contributed by atoms with Gasteiger partial charge in [-0.05, 0) is 25.3 Å². The summed E-state index contributed by atoms with van der Waals surface area (Å²) < 4.78 is 27.6. The second-order valence-electron chi connectivity index (χ2n) is 13.9. The number of halogens is 2. The Morgan fingerprint density at radius 2 is 1.42 bits per heavy atom. The van der Waals surface area contributed by atoms with E-state index in [1.54, 1.807) is 49.8 Å². The fourth-order valence-corrected chi connectivity index (χ4v) is 8.24. The molecule has 4 fully saturated rings. The van der Waals surface area contributed by atoms with E-state index in [2.05, 4.69) is 35.4 Å². The predicted molar refractivity (Wildman–Crippen MR) is 184 cm³/mol. The van der Waals surface area contributed by atoms with Crippen molar-refractivity contribution >= 4 is 17.5 Å². The van der Waals surface area contributed by atoms with Crippen molar-refractivity contribution in [3.63, 3.8) is 0 Å². The van der Waals surface area contributed by atoms with Gasteiger partial charge in [-0.1, -0.05) is 41.9 Å². The molecule has 0 aliphatic carbocycles. The van der Waals surface area contributed by atoms with E-state index in [1.165, 1.54) is 7.11 Å². The number of nitrogens with one attached hydrogen (secondary N) is 2. The highest BCUT2D eigenvalue weighted by Gasteiger charge is 2.48. The van der Waals surface area contributed by atoms with Crippen molar-refractivity contribution in [3.05, 3.63) is 71.0 Å². The van der Waals surface area contributed by atoms with Crippen LogP contribution in [0, 0.1) is 5.82 Å². The molecule has 1 amide bonds. The molecular weight excluding hydrogens is 663 g/mol. The van der Waals surface area contributed by atoms with Crippen LogP contribution in [0.2, 0.25) is 5.02 Å².